The third-order valence-electron chi connectivity index (χ3n) is 3.63. The molecule has 0 radical (unpaired) electrons. The molecule has 0 aromatic heterocycles. The summed E-state index contributed by atoms with van der Waals surface area (Å²) in [6.45, 7) is 0. The standard InChI is InChI=1S/C17H13BrN2O2/c1-21-14-7-6-10(18)8-12(14)16-11-4-2-3-5-15(11)22-17(20)13(16)9-19/h2-8,16H,20H2,1H3/t16-/m0/s1. The van der Waals surface area contributed by atoms with Crippen LogP contribution in [0.3, 0.4) is 0 Å². The number of hydrogen-bond donors (Lipinski definition) is 1. The quantitative estimate of drug-likeness (QED) is 0.890. The van der Waals surface area contributed by atoms with Crippen LogP contribution in [-0.4, -0.2) is 7.11 Å². The average Bonchev–Trinajstić information content (AvgIpc) is 2.53. The van der Waals surface area contributed by atoms with Crippen LogP contribution >= 0.6 is 15.9 Å². The van der Waals surface area contributed by atoms with E-state index in [1.165, 1.54) is 0 Å². The Morgan fingerprint density at radius 1 is 1.23 bits per heavy atom. The molecule has 110 valence electrons. The summed E-state index contributed by atoms with van der Waals surface area (Å²) in [7, 11) is 1.61. The van der Waals surface area contributed by atoms with Gasteiger partial charge in [0.15, 0.2) is 0 Å². The maximum Gasteiger partial charge on any atom is 0.205 e. The summed E-state index contributed by atoms with van der Waals surface area (Å²) in [6, 6.07) is 15.4. The van der Waals surface area contributed by atoms with Crippen molar-refractivity contribution in [3.63, 3.8) is 0 Å². The smallest absolute Gasteiger partial charge is 0.205 e. The largest absolute Gasteiger partial charge is 0.496 e. The van der Waals surface area contributed by atoms with Crippen molar-refractivity contribution >= 4 is 15.9 Å². The highest BCUT2D eigenvalue weighted by Gasteiger charge is 2.32. The molecule has 0 bridgehead atoms. The number of nitriles is 1. The van der Waals surface area contributed by atoms with Gasteiger partial charge in [0, 0.05) is 15.6 Å². The van der Waals surface area contributed by atoms with E-state index in [0.29, 0.717) is 17.1 Å². The van der Waals surface area contributed by atoms with Crippen LogP contribution in [0.15, 0.2) is 58.4 Å². The van der Waals surface area contributed by atoms with Crippen molar-refractivity contribution in [3.05, 3.63) is 69.5 Å². The predicted molar refractivity (Wildman–Crippen MR) is 86.4 cm³/mol. The van der Waals surface area contributed by atoms with Crippen LogP contribution in [0.4, 0.5) is 0 Å². The number of para-hydroxylation sites is 1. The van der Waals surface area contributed by atoms with Gasteiger partial charge in [-0.1, -0.05) is 34.1 Å². The van der Waals surface area contributed by atoms with Gasteiger partial charge in [0.1, 0.15) is 23.1 Å². The van der Waals surface area contributed by atoms with Crippen LogP contribution in [0, 0.1) is 11.3 Å². The van der Waals surface area contributed by atoms with Crippen molar-refractivity contribution in [2.45, 2.75) is 5.92 Å². The number of hydrogen-bond acceptors (Lipinski definition) is 4. The number of rotatable bonds is 2. The lowest BCUT2D eigenvalue weighted by Crippen LogP contribution is -2.21. The van der Waals surface area contributed by atoms with E-state index in [1.54, 1.807) is 7.11 Å². The molecule has 0 unspecified atom stereocenters. The van der Waals surface area contributed by atoms with Crippen molar-refractivity contribution < 1.29 is 9.47 Å². The van der Waals surface area contributed by atoms with Crippen LogP contribution in [0.2, 0.25) is 0 Å². The maximum absolute atomic E-state index is 9.53. The Balaban J connectivity index is 2.28. The van der Waals surface area contributed by atoms with Gasteiger partial charge in [-0.3, -0.25) is 0 Å². The van der Waals surface area contributed by atoms with Crippen molar-refractivity contribution in [3.8, 4) is 17.6 Å². The van der Waals surface area contributed by atoms with E-state index in [9.17, 15) is 5.26 Å². The van der Waals surface area contributed by atoms with E-state index < -0.39 is 0 Å². The molecular formula is C17H13BrN2O2. The first kappa shape index (κ1) is 14.5. The van der Waals surface area contributed by atoms with E-state index in [2.05, 4.69) is 22.0 Å². The molecule has 1 aliphatic heterocycles. The molecule has 0 saturated heterocycles. The van der Waals surface area contributed by atoms with Crippen LogP contribution in [0.25, 0.3) is 0 Å². The second-order valence-electron chi connectivity index (χ2n) is 4.85. The van der Waals surface area contributed by atoms with Gasteiger partial charge in [0.05, 0.1) is 13.0 Å². The first-order chi connectivity index (χ1) is 10.7. The van der Waals surface area contributed by atoms with Crippen molar-refractivity contribution in [1.82, 2.24) is 0 Å². The fourth-order valence-corrected chi connectivity index (χ4v) is 3.04. The summed E-state index contributed by atoms with van der Waals surface area (Å²) in [4.78, 5) is 0. The zero-order valence-corrected chi connectivity index (χ0v) is 13.4. The summed E-state index contributed by atoms with van der Waals surface area (Å²) in [5, 5.41) is 9.53. The van der Waals surface area contributed by atoms with Gasteiger partial charge in [-0.25, -0.2) is 0 Å². The van der Waals surface area contributed by atoms with E-state index in [-0.39, 0.29) is 11.8 Å². The fraction of sp³-hybridized carbons (Fsp3) is 0.118. The molecule has 0 spiro atoms. The molecule has 0 aliphatic carbocycles. The average molecular weight is 357 g/mol. The molecule has 3 rings (SSSR count). The number of nitrogens with two attached hydrogens (primary N) is 1. The molecule has 4 nitrogen and oxygen atoms in total. The molecule has 0 fully saturated rings. The molecule has 2 aromatic carbocycles. The minimum atomic E-state index is -0.317. The highest BCUT2D eigenvalue weighted by molar-refractivity contribution is 9.10. The fourth-order valence-electron chi connectivity index (χ4n) is 2.66. The van der Waals surface area contributed by atoms with E-state index in [1.807, 2.05) is 42.5 Å². The molecular weight excluding hydrogens is 344 g/mol. The monoisotopic (exact) mass is 356 g/mol. The second-order valence-corrected chi connectivity index (χ2v) is 5.76. The SMILES string of the molecule is COc1ccc(Br)cc1[C@H]1C(C#N)=C(N)Oc2ccccc21. The highest BCUT2D eigenvalue weighted by Crippen LogP contribution is 2.45. The van der Waals surface area contributed by atoms with Crippen LogP contribution in [0.5, 0.6) is 11.5 Å². The van der Waals surface area contributed by atoms with Gasteiger partial charge in [0.25, 0.3) is 0 Å². The zero-order chi connectivity index (χ0) is 15.7. The second kappa shape index (κ2) is 5.74. The van der Waals surface area contributed by atoms with Crippen LogP contribution in [0.1, 0.15) is 17.0 Å². The molecule has 2 N–H and O–H groups in total. The molecule has 22 heavy (non-hydrogen) atoms. The Labute approximate surface area is 136 Å². The number of nitrogens with zero attached hydrogens (tertiary/aromatic N) is 1. The Morgan fingerprint density at radius 3 is 2.73 bits per heavy atom. The van der Waals surface area contributed by atoms with E-state index in [4.69, 9.17) is 15.2 Å². The zero-order valence-electron chi connectivity index (χ0n) is 11.8. The summed E-state index contributed by atoms with van der Waals surface area (Å²) in [6.07, 6.45) is 0. The van der Waals surface area contributed by atoms with Crippen molar-refractivity contribution in [1.29, 1.82) is 5.26 Å². The van der Waals surface area contributed by atoms with E-state index in [0.717, 1.165) is 15.6 Å². The third kappa shape index (κ3) is 2.32. The minimum absolute atomic E-state index is 0.133. The highest BCUT2D eigenvalue weighted by atomic mass is 79.9. The van der Waals surface area contributed by atoms with Gasteiger partial charge in [-0.05, 0) is 24.3 Å². The third-order valence-corrected chi connectivity index (χ3v) is 4.12. The van der Waals surface area contributed by atoms with Gasteiger partial charge in [0.2, 0.25) is 5.88 Å². The van der Waals surface area contributed by atoms with Crippen LogP contribution < -0.4 is 15.2 Å². The number of fused-ring (bicyclic) bond motifs is 1. The van der Waals surface area contributed by atoms with Gasteiger partial charge >= 0.3 is 0 Å². The number of ether oxygens (including phenoxy) is 2. The lowest BCUT2D eigenvalue weighted by atomic mass is 9.83. The van der Waals surface area contributed by atoms with E-state index >= 15 is 0 Å². The number of benzene rings is 2. The molecule has 1 atom stereocenters. The molecule has 1 aliphatic rings. The molecule has 0 amide bonds. The lowest BCUT2D eigenvalue weighted by Gasteiger charge is -2.27. The Bertz CT molecular complexity index is 809. The number of allylic oxidation sites excluding steroid dienone is 1. The van der Waals surface area contributed by atoms with Crippen LogP contribution in [-0.2, 0) is 0 Å². The first-order valence-corrected chi connectivity index (χ1v) is 7.45. The molecule has 0 saturated carbocycles. The first-order valence-electron chi connectivity index (χ1n) is 6.65. The Hall–Kier alpha value is -2.45. The molecule has 5 heteroatoms. The molecule has 2 aromatic rings. The lowest BCUT2D eigenvalue weighted by molar-refractivity contribution is 0.387. The summed E-state index contributed by atoms with van der Waals surface area (Å²) < 4.78 is 11.9. The van der Waals surface area contributed by atoms with Gasteiger partial charge in [-0.2, -0.15) is 5.26 Å². The number of methoxy groups -OCH3 is 1. The number of halogens is 1. The van der Waals surface area contributed by atoms with Crippen molar-refractivity contribution in [2.24, 2.45) is 5.73 Å². The van der Waals surface area contributed by atoms with Gasteiger partial charge < -0.3 is 15.2 Å². The van der Waals surface area contributed by atoms with Gasteiger partial charge in [-0.15, -0.1) is 0 Å². The normalized spacial score (nSPS) is 16.5. The topological polar surface area (TPSA) is 68.3 Å². The summed E-state index contributed by atoms with van der Waals surface area (Å²) in [5.74, 6) is 1.17. The summed E-state index contributed by atoms with van der Waals surface area (Å²) >= 11 is 3.47. The van der Waals surface area contributed by atoms with Crippen molar-refractivity contribution in [2.75, 3.05) is 7.11 Å². The minimum Gasteiger partial charge on any atom is -0.496 e. The maximum atomic E-state index is 9.53. The Kier molecular flexibility index (Phi) is 3.78. The molecule has 1 heterocycles. The predicted octanol–water partition coefficient (Wildman–Crippen LogP) is 3.68. The summed E-state index contributed by atoms with van der Waals surface area (Å²) in [5.41, 5.74) is 8.09. The Morgan fingerprint density at radius 2 is 2.00 bits per heavy atom.